The van der Waals surface area contributed by atoms with Crippen molar-refractivity contribution < 1.29 is 4.79 Å². The van der Waals surface area contributed by atoms with E-state index in [4.69, 9.17) is 0 Å². The van der Waals surface area contributed by atoms with E-state index in [-0.39, 0.29) is 5.91 Å². The van der Waals surface area contributed by atoms with Crippen molar-refractivity contribution in [1.29, 1.82) is 0 Å². The van der Waals surface area contributed by atoms with Gasteiger partial charge in [0, 0.05) is 35.6 Å². The number of hydrogen-bond acceptors (Lipinski definition) is 3. The number of amides is 1. The molecule has 0 aliphatic carbocycles. The number of carbonyl (C=O) groups is 1. The van der Waals surface area contributed by atoms with E-state index in [2.05, 4.69) is 17.4 Å². The summed E-state index contributed by atoms with van der Waals surface area (Å²) in [6, 6.07) is 7.30. The Balaban J connectivity index is 1.81. The van der Waals surface area contributed by atoms with Crippen molar-refractivity contribution in [3.63, 3.8) is 0 Å². The molecule has 0 spiro atoms. The summed E-state index contributed by atoms with van der Waals surface area (Å²) < 4.78 is 0. The van der Waals surface area contributed by atoms with Crippen LogP contribution in [0.3, 0.4) is 0 Å². The number of thioether (sulfide) groups is 1. The van der Waals surface area contributed by atoms with Gasteiger partial charge in [-0.1, -0.05) is 6.07 Å². The lowest BCUT2D eigenvalue weighted by Crippen LogP contribution is -2.39. The smallest absolute Gasteiger partial charge is 0.254 e. The molecule has 1 aromatic rings. The summed E-state index contributed by atoms with van der Waals surface area (Å²) in [6.45, 7) is 3.77. The van der Waals surface area contributed by atoms with E-state index in [0.717, 1.165) is 35.5 Å². The third kappa shape index (κ3) is 2.72. The lowest BCUT2D eigenvalue weighted by atomic mass is 10.0. The minimum Gasteiger partial charge on any atom is -0.337 e. The SMILES string of the molecule is CSc1ccc(C)c(C(=O)N2CCC3CCC(C2)N3)c1. The zero-order chi connectivity index (χ0) is 14.1. The van der Waals surface area contributed by atoms with E-state index in [1.807, 2.05) is 24.1 Å². The van der Waals surface area contributed by atoms with Crippen LogP contribution >= 0.6 is 11.8 Å². The van der Waals surface area contributed by atoms with Crippen molar-refractivity contribution in [3.05, 3.63) is 29.3 Å². The fourth-order valence-electron chi connectivity index (χ4n) is 3.26. The van der Waals surface area contributed by atoms with Crippen molar-refractivity contribution >= 4 is 17.7 Å². The van der Waals surface area contributed by atoms with E-state index in [9.17, 15) is 4.79 Å². The van der Waals surface area contributed by atoms with Gasteiger partial charge < -0.3 is 10.2 Å². The molecule has 2 bridgehead atoms. The molecule has 1 amide bonds. The standard InChI is InChI=1S/C16H22N2OS/c1-11-3-6-14(20-2)9-15(11)16(19)18-8-7-12-4-5-13(10-18)17-12/h3,6,9,12-13,17H,4-5,7-8,10H2,1-2H3. The minimum absolute atomic E-state index is 0.202. The van der Waals surface area contributed by atoms with Crippen LogP contribution < -0.4 is 5.32 Å². The molecule has 2 fully saturated rings. The second kappa shape index (κ2) is 5.78. The topological polar surface area (TPSA) is 32.3 Å². The van der Waals surface area contributed by atoms with Gasteiger partial charge in [-0.3, -0.25) is 4.79 Å². The van der Waals surface area contributed by atoms with Gasteiger partial charge in [0.05, 0.1) is 0 Å². The zero-order valence-corrected chi connectivity index (χ0v) is 13.0. The minimum atomic E-state index is 0.202. The number of carbonyl (C=O) groups excluding carboxylic acids is 1. The molecule has 4 heteroatoms. The number of hydrogen-bond donors (Lipinski definition) is 1. The van der Waals surface area contributed by atoms with Gasteiger partial charge in [-0.15, -0.1) is 11.8 Å². The average Bonchev–Trinajstić information content (AvgIpc) is 2.78. The quantitative estimate of drug-likeness (QED) is 0.850. The first kappa shape index (κ1) is 14.0. The Labute approximate surface area is 125 Å². The molecule has 2 aliphatic heterocycles. The second-order valence-corrected chi connectivity index (χ2v) is 6.74. The largest absolute Gasteiger partial charge is 0.337 e. The van der Waals surface area contributed by atoms with E-state index in [0.29, 0.717) is 12.1 Å². The predicted octanol–water partition coefficient (Wildman–Crippen LogP) is 2.68. The molecular formula is C16H22N2OS. The first-order valence-corrected chi connectivity index (χ1v) is 8.60. The van der Waals surface area contributed by atoms with Crippen molar-refractivity contribution in [2.75, 3.05) is 19.3 Å². The highest BCUT2D eigenvalue weighted by Gasteiger charge is 2.31. The van der Waals surface area contributed by atoms with Gasteiger partial charge in [-0.25, -0.2) is 0 Å². The molecule has 3 nitrogen and oxygen atoms in total. The van der Waals surface area contributed by atoms with Gasteiger partial charge in [0.1, 0.15) is 0 Å². The number of likely N-dealkylation sites (tertiary alicyclic amines) is 1. The Morgan fingerprint density at radius 1 is 1.30 bits per heavy atom. The lowest BCUT2D eigenvalue weighted by Gasteiger charge is -2.25. The number of nitrogens with zero attached hydrogens (tertiary/aromatic N) is 1. The maximum atomic E-state index is 12.8. The van der Waals surface area contributed by atoms with Crippen molar-refractivity contribution in [2.24, 2.45) is 0 Å². The molecule has 0 aromatic heterocycles. The van der Waals surface area contributed by atoms with Gasteiger partial charge in [0.15, 0.2) is 0 Å². The first-order chi connectivity index (χ1) is 9.67. The number of fused-ring (bicyclic) bond motifs is 2. The van der Waals surface area contributed by atoms with Gasteiger partial charge >= 0.3 is 0 Å². The van der Waals surface area contributed by atoms with Crippen LogP contribution in [0.1, 0.15) is 35.2 Å². The number of nitrogens with one attached hydrogen (secondary N) is 1. The van der Waals surface area contributed by atoms with E-state index >= 15 is 0 Å². The molecule has 2 saturated heterocycles. The molecule has 2 heterocycles. The van der Waals surface area contributed by atoms with Crippen LogP contribution in [0, 0.1) is 6.92 Å². The van der Waals surface area contributed by atoms with Crippen LogP contribution in [0.4, 0.5) is 0 Å². The van der Waals surface area contributed by atoms with Crippen molar-refractivity contribution in [1.82, 2.24) is 10.2 Å². The Morgan fingerprint density at radius 3 is 2.90 bits per heavy atom. The molecule has 108 valence electrons. The zero-order valence-electron chi connectivity index (χ0n) is 12.2. The summed E-state index contributed by atoms with van der Waals surface area (Å²) >= 11 is 1.69. The van der Waals surface area contributed by atoms with Crippen molar-refractivity contribution in [2.45, 2.75) is 43.2 Å². The first-order valence-electron chi connectivity index (χ1n) is 7.37. The fraction of sp³-hybridized carbons (Fsp3) is 0.562. The number of benzene rings is 1. The summed E-state index contributed by atoms with van der Waals surface area (Å²) in [5, 5.41) is 3.63. The van der Waals surface area contributed by atoms with E-state index in [1.54, 1.807) is 11.8 Å². The highest BCUT2D eigenvalue weighted by molar-refractivity contribution is 7.98. The van der Waals surface area contributed by atoms with Crippen LogP contribution in [-0.2, 0) is 0 Å². The normalized spacial score (nSPS) is 25.6. The van der Waals surface area contributed by atoms with E-state index in [1.165, 1.54) is 12.8 Å². The lowest BCUT2D eigenvalue weighted by molar-refractivity contribution is 0.0747. The van der Waals surface area contributed by atoms with Crippen LogP contribution in [0.5, 0.6) is 0 Å². The fourth-order valence-corrected chi connectivity index (χ4v) is 3.70. The molecule has 0 radical (unpaired) electrons. The Hall–Kier alpha value is -1.00. The van der Waals surface area contributed by atoms with Crippen LogP contribution in [-0.4, -0.2) is 42.2 Å². The summed E-state index contributed by atoms with van der Waals surface area (Å²) in [5.41, 5.74) is 1.95. The highest BCUT2D eigenvalue weighted by Crippen LogP contribution is 2.24. The molecular weight excluding hydrogens is 268 g/mol. The number of aryl methyl sites for hydroxylation is 1. The maximum Gasteiger partial charge on any atom is 0.254 e. The molecule has 1 aromatic carbocycles. The second-order valence-electron chi connectivity index (χ2n) is 5.86. The third-order valence-electron chi connectivity index (χ3n) is 4.49. The van der Waals surface area contributed by atoms with Gasteiger partial charge in [-0.05, 0) is 50.1 Å². The van der Waals surface area contributed by atoms with Crippen LogP contribution in [0.15, 0.2) is 23.1 Å². The summed E-state index contributed by atoms with van der Waals surface area (Å²) in [6.07, 6.45) is 5.61. The third-order valence-corrected chi connectivity index (χ3v) is 5.21. The summed E-state index contributed by atoms with van der Waals surface area (Å²) in [4.78, 5) is 16.0. The van der Waals surface area contributed by atoms with Gasteiger partial charge in [0.2, 0.25) is 0 Å². The maximum absolute atomic E-state index is 12.8. The molecule has 0 saturated carbocycles. The summed E-state index contributed by atoms with van der Waals surface area (Å²) in [7, 11) is 0. The molecule has 20 heavy (non-hydrogen) atoms. The van der Waals surface area contributed by atoms with Crippen LogP contribution in [0.2, 0.25) is 0 Å². The molecule has 3 rings (SSSR count). The average molecular weight is 290 g/mol. The Bertz CT molecular complexity index is 517. The molecule has 2 aliphatic rings. The Morgan fingerprint density at radius 2 is 2.10 bits per heavy atom. The molecule has 1 N–H and O–H groups in total. The van der Waals surface area contributed by atoms with Gasteiger partial charge in [0.25, 0.3) is 5.91 Å². The van der Waals surface area contributed by atoms with Crippen LogP contribution in [0.25, 0.3) is 0 Å². The summed E-state index contributed by atoms with van der Waals surface area (Å²) in [5.74, 6) is 0.202. The number of rotatable bonds is 2. The highest BCUT2D eigenvalue weighted by atomic mass is 32.2. The predicted molar refractivity (Wildman–Crippen MR) is 83.4 cm³/mol. The molecule has 2 atom stereocenters. The molecule has 2 unspecified atom stereocenters. The monoisotopic (exact) mass is 290 g/mol. The Kier molecular flexibility index (Phi) is 4.03. The van der Waals surface area contributed by atoms with E-state index < -0.39 is 0 Å². The van der Waals surface area contributed by atoms with Gasteiger partial charge in [-0.2, -0.15) is 0 Å². The van der Waals surface area contributed by atoms with Crippen molar-refractivity contribution in [3.8, 4) is 0 Å².